The van der Waals surface area contributed by atoms with E-state index in [4.69, 9.17) is 0 Å². The quantitative estimate of drug-likeness (QED) is 0.452. The van der Waals surface area contributed by atoms with Gasteiger partial charge >= 0.3 is 78.3 Å². The second kappa shape index (κ2) is 18.2. The molecular weight excluding hydrogens is 310 g/mol. The van der Waals surface area contributed by atoms with Crippen molar-refractivity contribution in [2.24, 2.45) is 0 Å². The molecule has 0 aromatic carbocycles. The van der Waals surface area contributed by atoms with Crippen LogP contribution < -0.4 is 58.2 Å². The van der Waals surface area contributed by atoms with Crippen LogP contribution in [0.3, 0.4) is 0 Å². The van der Waals surface area contributed by atoms with E-state index in [0.717, 1.165) is 0 Å². The molecule has 4 heavy (non-hydrogen) atoms. The second-order valence-corrected chi connectivity index (χ2v) is 0. The summed E-state index contributed by atoms with van der Waals surface area (Å²) in [6.45, 7) is 0. The molecule has 0 rings (SSSR count). The van der Waals surface area contributed by atoms with Gasteiger partial charge < -0.3 is 11.0 Å². The zero-order valence-corrected chi connectivity index (χ0v) is 9.46. The molecule has 22 valence electrons. The average Bonchev–Trinajstić information content (AvgIpc) is 0. The summed E-state index contributed by atoms with van der Waals surface area (Å²) in [6.07, 6.45) is 0. The van der Waals surface area contributed by atoms with Crippen LogP contribution in [0.2, 0.25) is 0 Å². The molecule has 0 aromatic heterocycles. The maximum absolute atomic E-state index is 0. The van der Waals surface area contributed by atoms with Crippen molar-refractivity contribution in [1.82, 2.24) is 0 Å². The fourth-order valence-electron chi connectivity index (χ4n) is 0. The second-order valence-electron chi connectivity index (χ2n) is 0. The Labute approximate surface area is 87.1 Å². The number of hydrogen-bond donors (Lipinski definition) is 0. The largest absolute Gasteiger partial charge is 3.00 e. The predicted molar refractivity (Wildman–Crippen MR) is 1.37 cm³/mol. The van der Waals surface area contributed by atoms with Crippen molar-refractivity contribution in [2.45, 2.75) is 0 Å². The molecule has 0 aliphatic heterocycles. The Balaban J connectivity index is 0. The van der Waals surface area contributed by atoms with Crippen molar-refractivity contribution in [2.75, 3.05) is 0 Å². The Kier molecular flexibility index (Phi) is 149. The van der Waals surface area contributed by atoms with E-state index in [1.165, 1.54) is 0 Å². The van der Waals surface area contributed by atoms with Gasteiger partial charge in [-0.15, -0.1) is 0 Å². The summed E-state index contributed by atoms with van der Waals surface area (Å²) < 4.78 is 0. The van der Waals surface area contributed by atoms with E-state index in [1.54, 1.807) is 0 Å². The normalized spacial score (nSPS) is 0. The molecule has 0 atom stereocenters. The molecular formula is IrO2Rb. The topological polar surface area (TPSA) is 57.0 Å². The van der Waals surface area contributed by atoms with E-state index in [2.05, 4.69) is 0 Å². The van der Waals surface area contributed by atoms with Crippen LogP contribution in [-0.4, -0.2) is 0 Å². The van der Waals surface area contributed by atoms with Gasteiger partial charge in [0.25, 0.3) is 0 Å². The predicted octanol–water partition coefficient (Wildman–Crippen LogP) is -3.24. The molecule has 0 fully saturated rings. The summed E-state index contributed by atoms with van der Waals surface area (Å²) in [7, 11) is 0. The van der Waals surface area contributed by atoms with E-state index >= 15 is 0 Å². The molecule has 4 heteroatoms. The molecule has 0 aromatic rings. The van der Waals surface area contributed by atoms with Crippen molar-refractivity contribution in [3.05, 3.63) is 0 Å². The molecule has 0 spiro atoms. The Morgan fingerprint density at radius 3 is 0.750 bits per heavy atom. The van der Waals surface area contributed by atoms with Gasteiger partial charge in [-0.05, 0) is 0 Å². The van der Waals surface area contributed by atoms with Crippen molar-refractivity contribution in [3.8, 4) is 0 Å². The van der Waals surface area contributed by atoms with Gasteiger partial charge in [0.05, 0.1) is 0 Å². The summed E-state index contributed by atoms with van der Waals surface area (Å²) >= 11 is 0. The fourth-order valence-corrected chi connectivity index (χ4v) is 0. The van der Waals surface area contributed by atoms with Gasteiger partial charge in [-0.3, -0.25) is 0 Å². The van der Waals surface area contributed by atoms with Crippen LogP contribution in [0.1, 0.15) is 0 Å². The molecule has 0 N–H and O–H groups in total. The summed E-state index contributed by atoms with van der Waals surface area (Å²) in [5.41, 5.74) is 0. The van der Waals surface area contributed by atoms with Crippen LogP contribution in [0, 0.1) is 0 Å². The number of rotatable bonds is 0. The molecule has 0 unspecified atom stereocenters. The van der Waals surface area contributed by atoms with Crippen LogP contribution in [0.15, 0.2) is 0 Å². The summed E-state index contributed by atoms with van der Waals surface area (Å²) in [5, 5.41) is 0. The average molecular weight is 310 g/mol. The molecule has 0 heterocycles. The molecule has 0 saturated heterocycles. The van der Waals surface area contributed by atoms with Crippen LogP contribution in [0.25, 0.3) is 0 Å². The minimum absolute atomic E-state index is 0. The minimum Gasteiger partial charge on any atom is -2.00 e. The van der Waals surface area contributed by atoms with Gasteiger partial charge in [0.2, 0.25) is 0 Å². The first kappa shape index (κ1) is 32.7. The first-order valence-corrected chi connectivity index (χ1v) is 0. The van der Waals surface area contributed by atoms with Crippen molar-refractivity contribution in [1.29, 1.82) is 0 Å². The standard InChI is InChI=1S/Ir.2O.Rb/q+3;2*-2;+1. The molecule has 0 aliphatic carbocycles. The van der Waals surface area contributed by atoms with Crippen molar-refractivity contribution >= 4 is 0 Å². The van der Waals surface area contributed by atoms with Crippen LogP contribution >= 0.6 is 0 Å². The maximum Gasteiger partial charge on any atom is 3.00 e. The van der Waals surface area contributed by atoms with E-state index in [-0.39, 0.29) is 89.2 Å². The van der Waals surface area contributed by atoms with E-state index in [9.17, 15) is 0 Å². The van der Waals surface area contributed by atoms with Gasteiger partial charge in [-0.25, -0.2) is 0 Å². The first-order valence-electron chi connectivity index (χ1n) is 0. The Hall–Kier alpha value is 2.37. The summed E-state index contributed by atoms with van der Waals surface area (Å²) in [6, 6.07) is 0. The van der Waals surface area contributed by atoms with E-state index in [1.807, 2.05) is 0 Å². The van der Waals surface area contributed by atoms with Gasteiger partial charge in [0.15, 0.2) is 0 Å². The molecule has 0 radical (unpaired) electrons. The Bertz CT molecular complexity index is 6.00. The first-order chi connectivity index (χ1) is 0. The summed E-state index contributed by atoms with van der Waals surface area (Å²) in [5.74, 6) is 0. The minimum atomic E-state index is 0. The zero-order valence-electron chi connectivity index (χ0n) is 2.15. The van der Waals surface area contributed by atoms with Crippen molar-refractivity contribution < 1.29 is 89.2 Å². The van der Waals surface area contributed by atoms with Gasteiger partial charge in [-0.1, -0.05) is 0 Å². The third kappa shape index (κ3) is 8.83. The molecule has 0 saturated carbocycles. The van der Waals surface area contributed by atoms with E-state index < -0.39 is 0 Å². The smallest absolute Gasteiger partial charge is 2.00 e. The van der Waals surface area contributed by atoms with Crippen molar-refractivity contribution in [3.63, 3.8) is 0 Å². The van der Waals surface area contributed by atoms with Gasteiger partial charge in [0.1, 0.15) is 0 Å². The fraction of sp³-hybridized carbons (Fsp3) is 0. The Morgan fingerprint density at radius 2 is 0.750 bits per heavy atom. The van der Waals surface area contributed by atoms with Crippen LogP contribution in [-0.2, 0) is 31.1 Å². The third-order valence-electron chi connectivity index (χ3n) is 0. The van der Waals surface area contributed by atoms with Gasteiger partial charge in [-0.2, -0.15) is 0 Å². The zero-order chi connectivity index (χ0) is 0. The molecule has 2 nitrogen and oxygen atoms in total. The monoisotopic (exact) mass is 310 g/mol. The van der Waals surface area contributed by atoms with Crippen LogP contribution in [0.4, 0.5) is 0 Å². The molecule has 0 amide bonds. The van der Waals surface area contributed by atoms with E-state index in [0.29, 0.717) is 0 Å². The molecule has 0 aliphatic rings. The Morgan fingerprint density at radius 1 is 0.750 bits per heavy atom. The summed E-state index contributed by atoms with van der Waals surface area (Å²) in [4.78, 5) is 0. The SMILES string of the molecule is [Ir+3].[O-2].[O-2].[Rb+]. The molecule has 0 bridgehead atoms. The number of hydrogen-bond acceptors (Lipinski definition) is 0. The van der Waals surface area contributed by atoms with Gasteiger partial charge in [0, 0.05) is 0 Å². The van der Waals surface area contributed by atoms with Crippen LogP contribution in [0.5, 0.6) is 0 Å². The maximum atomic E-state index is 0. The third-order valence-corrected chi connectivity index (χ3v) is 0.